The Kier molecular flexibility index (Phi) is 3.73. The molecule has 0 fully saturated rings. The Morgan fingerprint density at radius 2 is 1.36 bits per heavy atom. The van der Waals surface area contributed by atoms with Crippen LogP contribution in [-0.4, -0.2) is 14.5 Å². The van der Waals surface area contributed by atoms with E-state index in [0.29, 0.717) is 0 Å². The summed E-state index contributed by atoms with van der Waals surface area (Å²) in [4.78, 5) is 9.67. The zero-order valence-electron chi connectivity index (χ0n) is 18.0. The number of para-hydroxylation sites is 4. The first kappa shape index (κ1) is 18.2. The van der Waals surface area contributed by atoms with Gasteiger partial charge in [0.1, 0.15) is 16.9 Å². The van der Waals surface area contributed by atoms with Crippen LogP contribution in [0.4, 0.5) is 0 Å². The predicted molar refractivity (Wildman–Crippen MR) is 134 cm³/mol. The van der Waals surface area contributed by atoms with Crippen LogP contribution in [0, 0.1) is 6.92 Å². The molecule has 156 valence electrons. The summed E-state index contributed by atoms with van der Waals surface area (Å²) in [6.07, 6.45) is 0. The van der Waals surface area contributed by atoms with Gasteiger partial charge in [0.25, 0.3) is 0 Å². The number of aryl methyl sites for hydroxylation is 1. The van der Waals surface area contributed by atoms with Gasteiger partial charge in [-0.1, -0.05) is 54.6 Å². The summed E-state index contributed by atoms with van der Waals surface area (Å²) in [5.74, 6) is 0.970. The van der Waals surface area contributed by atoms with Crippen LogP contribution in [0.25, 0.3) is 60.8 Å². The van der Waals surface area contributed by atoms with Gasteiger partial charge in [-0.3, -0.25) is 4.57 Å². The van der Waals surface area contributed by atoms with Crippen molar-refractivity contribution < 1.29 is 4.42 Å². The van der Waals surface area contributed by atoms with Crippen molar-refractivity contribution in [3.63, 3.8) is 0 Å². The predicted octanol–water partition coefficient (Wildman–Crippen LogP) is 7.45. The first-order chi connectivity index (χ1) is 16.3. The van der Waals surface area contributed by atoms with Crippen LogP contribution in [0.5, 0.6) is 0 Å². The van der Waals surface area contributed by atoms with Crippen molar-refractivity contribution in [3.8, 4) is 16.8 Å². The average Bonchev–Trinajstić information content (AvgIpc) is 3.39. The van der Waals surface area contributed by atoms with Crippen LogP contribution in [0.1, 0.15) is 5.82 Å². The fourth-order valence-corrected chi connectivity index (χ4v) is 4.87. The molecule has 7 rings (SSSR count). The molecular formula is C29H19N3O. The van der Waals surface area contributed by atoms with Crippen LogP contribution < -0.4 is 0 Å². The SMILES string of the molecule is Cc1nc2ccccc2n1-c1ccc(-c2c3ccccc3nc3c2oc2ccccc23)cc1. The molecule has 0 radical (unpaired) electrons. The van der Waals surface area contributed by atoms with Gasteiger partial charge in [-0.05, 0) is 55.0 Å². The quantitative estimate of drug-likeness (QED) is 0.289. The third-order valence-corrected chi connectivity index (χ3v) is 6.34. The third kappa shape index (κ3) is 2.64. The van der Waals surface area contributed by atoms with E-state index >= 15 is 0 Å². The van der Waals surface area contributed by atoms with Crippen molar-refractivity contribution in [2.75, 3.05) is 0 Å². The van der Waals surface area contributed by atoms with Crippen molar-refractivity contribution >= 4 is 44.0 Å². The van der Waals surface area contributed by atoms with Gasteiger partial charge in [-0.15, -0.1) is 0 Å². The minimum absolute atomic E-state index is 0.826. The molecular weight excluding hydrogens is 406 g/mol. The van der Waals surface area contributed by atoms with Gasteiger partial charge in [0.2, 0.25) is 0 Å². The maximum Gasteiger partial charge on any atom is 0.162 e. The molecule has 3 heterocycles. The normalized spacial score (nSPS) is 11.8. The van der Waals surface area contributed by atoms with Crippen LogP contribution in [0.15, 0.2) is 101 Å². The number of nitrogens with zero attached hydrogens (tertiary/aromatic N) is 3. The third-order valence-electron chi connectivity index (χ3n) is 6.34. The van der Waals surface area contributed by atoms with Crippen molar-refractivity contribution in [2.45, 2.75) is 6.92 Å². The minimum Gasteiger partial charge on any atom is -0.454 e. The lowest BCUT2D eigenvalue weighted by atomic mass is 9.99. The smallest absolute Gasteiger partial charge is 0.162 e. The van der Waals surface area contributed by atoms with E-state index in [1.807, 2.05) is 37.3 Å². The zero-order chi connectivity index (χ0) is 21.9. The van der Waals surface area contributed by atoms with Crippen molar-refractivity contribution in [1.82, 2.24) is 14.5 Å². The van der Waals surface area contributed by atoms with Gasteiger partial charge in [-0.2, -0.15) is 0 Å². The molecule has 4 aromatic carbocycles. The van der Waals surface area contributed by atoms with E-state index < -0.39 is 0 Å². The lowest BCUT2D eigenvalue weighted by molar-refractivity contribution is 0.670. The fraction of sp³-hybridized carbons (Fsp3) is 0.0345. The molecule has 0 atom stereocenters. The van der Waals surface area contributed by atoms with Crippen LogP contribution in [0.2, 0.25) is 0 Å². The molecule has 0 saturated carbocycles. The Bertz CT molecular complexity index is 1820. The molecule has 33 heavy (non-hydrogen) atoms. The highest BCUT2D eigenvalue weighted by Gasteiger charge is 2.18. The molecule has 0 bridgehead atoms. The van der Waals surface area contributed by atoms with E-state index in [1.54, 1.807) is 0 Å². The highest BCUT2D eigenvalue weighted by molar-refractivity contribution is 6.14. The average molecular weight is 425 g/mol. The number of benzene rings is 4. The number of pyridine rings is 1. The molecule has 4 heteroatoms. The van der Waals surface area contributed by atoms with Crippen molar-refractivity contribution in [2.24, 2.45) is 0 Å². The highest BCUT2D eigenvalue weighted by Crippen LogP contribution is 2.39. The summed E-state index contributed by atoms with van der Waals surface area (Å²) in [6.45, 7) is 2.04. The minimum atomic E-state index is 0.826. The van der Waals surface area contributed by atoms with E-state index in [9.17, 15) is 0 Å². The molecule has 0 amide bonds. The number of furan rings is 1. The van der Waals surface area contributed by atoms with E-state index in [0.717, 1.165) is 66.6 Å². The summed E-state index contributed by atoms with van der Waals surface area (Å²) in [5.41, 5.74) is 8.92. The molecule has 0 unspecified atom stereocenters. The Hall–Kier alpha value is -4.44. The summed E-state index contributed by atoms with van der Waals surface area (Å²) in [6, 6.07) is 33.2. The molecule has 0 aliphatic carbocycles. The molecule has 0 N–H and O–H groups in total. The van der Waals surface area contributed by atoms with Gasteiger partial charge in [-0.25, -0.2) is 9.97 Å². The van der Waals surface area contributed by atoms with E-state index in [1.165, 1.54) is 0 Å². The van der Waals surface area contributed by atoms with Crippen molar-refractivity contribution in [3.05, 3.63) is 103 Å². The number of imidazole rings is 1. The summed E-state index contributed by atoms with van der Waals surface area (Å²) in [7, 11) is 0. The number of hydrogen-bond donors (Lipinski definition) is 0. The van der Waals surface area contributed by atoms with Crippen LogP contribution in [0.3, 0.4) is 0 Å². The molecule has 3 aromatic heterocycles. The second-order valence-electron chi connectivity index (χ2n) is 8.31. The molecule has 0 spiro atoms. The van der Waals surface area contributed by atoms with Crippen LogP contribution >= 0.6 is 0 Å². The maximum atomic E-state index is 6.35. The fourth-order valence-electron chi connectivity index (χ4n) is 4.87. The Labute approximate surface area is 189 Å². The second kappa shape index (κ2) is 6.78. The number of aromatic nitrogens is 3. The number of rotatable bonds is 2. The summed E-state index contributed by atoms with van der Waals surface area (Å²) in [5, 5.41) is 2.12. The highest BCUT2D eigenvalue weighted by atomic mass is 16.3. The number of fused-ring (bicyclic) bond motifs is 5. The molecule has 7 aromatic rings. The lowest BCUT2D eigenvalue weighted by Gasteiger charge is -2.11. The Morgan fingerprint density at radius 1 is 0.667 bits per heavy atom. The van der Waals surface area contributed by atoms with E-state index in [2.05, 4.69) is 71.3 Å². The van der Waals surface area contributed by atoms with Crippen LogP contribution in [-0.2, 0) is 0 Å². The molecule has 4 nitrogen and oxygen atoms in total. The first-order valence-electron chi connectivity index (χ1n) is 11.0. The standard InChI is InChI=1S/C29H19N3O/c1-18-30-24-11-5-6-12-25(24)32(18)20-16-14-19(15-17-20)27-21-8-2-4-10-23(21)31-28-22-9-3-7-13-26(22)33-29(27)28/h2-17H,1H3. The molecule has 0 aliphatic heterocycles. The van der Waals surface area contributed by atoms with Crippen molar-refractivity contribution in [1.29, 1.82) is 0 Å². The molecule has 0 aliphatic rings. The molecule has 0 saturated heterocycles. The lowest BCUT2D eigenvalue weighted by Crippen LogP contribution is -1.96. The maximum absolute atomic E-state index is 6.35. The summed E-state index contributed by atoms with van der Waals surface area (Å²) < 4.78 is 8.54. The second-order valence-corrected chi connectivity index (χ2v) is 8.31. The largest absolute Gasteiger partial charge is 0.454 e. The van der Waals surface area contributed by atoms with Gasteiger partial charge < -0.3 is 4.42 Å². The Balaban J connectivity index is 1.48. The van der Waals surface area contributed by atoms with Gasteiger partial charge in [0.05, 0.1) is 16.6 Å². The number of hydrogen-bond acceptors (Lipinski definition) is 3. The van der Waals surface area contributed by atoms with Gasteiger partial charge in [0.15, 0.2) is 5.58 Å². The monoisotopic (exact) mass is 425 g/mol. The zero-order valence-corrected chi connectivity index (χ0v) is 18.0. The topological polar surface area (TPSA) is 43.9 Å². The van der Waals surface area contributed by atoms with Gasteiger partial charge >= 0.3 is 0 Å². The Morgan fingerprint density at radius 3 is 2.21 bits per heavy atom. The van der Waals surface area contributed by atoms with Gasteiger partial charge in [0, 0.05) is 22.0 Å². The summed E-state index contributed by atoms with van der Waals surface area (Å²) >= 11 is 0. The first-order valence-corrected chi connectivity index (χ1v) is 11.0. The van der Waals surface area contributed by atoms with E-state index in [4.69, 9.17) is 14.4 Å². The van der Waals surface area contributed by atoms with E-state index in [-0.39, 0.29) is 0 Å².